The lowest BCUT2D eigenvalue weighted by molar-refractivity contribution is 0.311. The van der Waals surface area contributed by atoms with Crippen LogP contribution in [0.5, 0.6) is 0 Å². The Hall–Kier alpha value is -1.95. The highest BCUT2D eigenvalue weighted by atomic mass is 15.3. The summed E-state index contributed by atoms with van der Waals surface area (Å²) in [4.78, 5) is 18.2. The minimum Gasteiger partial charge on any atom is -0.383 e. The molecule has 6 nitrogen and oxygen atoms in total. The molecule has 6 heteroatoms. The molecule has 118 valence electrons. The molecule has 0 atom stereocenters. The van der Waals surface area contributed by atoms with Crippen LogP contribution in [0.3, 0.4) is 0 Å². The first-order chi connectivity index (χ1) is 10.3. The van der Waals surface area contributed by atoms with Crippen LogP contribution in [0.25, 0.3) is 10.9 Å². The number of aromatic nitrogens is 3. The zero-order valence-corrected chi connectivity index (χ0v) is 13.8. The van der Waals surface area contributed by atoms with E-state index in [4.69, 9.17) is 5.73 Å². The summed E-state index contributed by atoms with van der Waals surface area (Å²) < 4.78 is 0. The second kappa shape index (κ2) is 5.35. The zero-order chi connectivity index (χ0) is 15.9. The maximum Gasteiger partial charge on any atom is 0.228 e. The lowest BCUT2D eigenvalue weighted by atomic mass is 9.91. The molecular weight excluding hydrogens is 276 g/mol. The topological polar surface area (TPSA) is 71.2 Å². The summed E-state index contributed by atoms with van der Waals surface area (Å²) >= 11 is 0. The highest BCUT2D eigenvalue weighted by molar-refractivity contribution is 5.88. The third-order valence-electron chi connectivity index (χ3n) is 4.15. The number of hydrogen-bond donors (Lipinski definition) is 1. The Bertz CT molecular complexity index is 683. The van der Waals surface area contributed by atoms with Crippen LogP contribution >= 0.6 is 0 Å². The van der Waals surface area contributed by atoms with E-state index >= 15 is 0 Å². The smallest absolute Gasteiger partial charge is 0.228 e. The molecule has 0 spiro atoms. The molecule has 2 aromatic rings. The van der Waals surface area contributed by atoms with Gasteiger partial charge >= 0.3 is 0 Å². The van der Waals surface area contributed by atoms with E-state index in [1.54, 1.807) is 0 Å². The van der Waals surface area contributed by atoms with Crippen LogP contribution in [0.4, 0.5) is 11.8 Å². The van der Waals surface area contributed by atoms with Gasteiger partial charge in [0.1, 0.15) is 5.82 Å². The molecule has 0 radical (unpaired) electrons. The Morgan fingerprint density at radius 3 is 2.41 bits per heavy atom. The minimum absolute atomic E-state index is 0.0171. The van der Waals surface area contributed by atoms with E-state index in [0.29, 0.717) is 11.8 Å². The van der Waals surface area contributed by atoms with Gasteiger partial charge in [0.15, 0.2) is 0 Å². The van der Waals surface area contributed by atoms with Crippen molar-refractivity contribution in [2.75, 3.05) is 43.9 Å². The van der Waals surface area contributed by atoms with Gasteiger partial charge in [0.25, 0.3) is 0 Å². The Labute approximate surface area is 131 Å². The summed E-state index contributed by atoms with van der Waals surface area (Å²) in [6, 6.07) is 2.01. The van der Waals surface area contributed by atoms with Gasteiger partial charge in [-0.2, -0.15) is 4.98 Å². The van der Waals surface area contributed by atoms with Crippen LogP contribution in [-0.2, 0) is 5.41 Å². The van der Waals surface area contributed by atoms with Crippen LogP contribution in [0.1, 0.15) is 26.5 Å². The number of pyridine rings is 1. The number of anilines is 2. The molecule has 22 heavy (non-hydrogen) atoms. The molecule has 1 fully saturated rings. The maximum absolute atomic E-state index is 6.19. The second-order valence-corrected chi connectivity index (χ2v) is 7.04. The largest absolute Gasteiger partial charge is 0.383 e. The van der Waals surface area contributed by atoms with Crippen molar-refractivity contribution >= 4 is 22.7 Å². The van der Waals surface area contributed by atoms with E-state index in [1.165, 1.54) is 0 Å². The molecule has 0 saturated carbocycles. The summed E-state index contributed by atoms with van der Waals surface area (Å²) in [7, 11) is 2.13. The van der Waals surface area contributed by atoms with Crippen molar-refractivity contribution < 1.29 is 0 Å². The van der Waals surface area contributed by atoms with Crippen molar-refractivity contribution in [3.8, 4) is 0 Å². The van der Waals surface area contributed by atoms with Crippen LogP contribution in [-0.4, -0.2) is 53.1 Å². The van der Waals surface area contributed by atoms with Crippen molar-refractivity contribution in [2.24, 2.45) is 0 Å². The molecule has 1 saturated heterocycles. The SMILES string of the molecule is CN1CCN(c2nc(N)c3cc(C(C)(C)C)ncc3n2)CC1. The zero-order valence-electron chi connectivity index (χ0n) is 13.8. The number of piperazine rings is 1. The molecule has 0 aliphatic carbocycles. The Morgan fingerprint density at radius 1 is 1.09 bits per heavy atom. The van der Waals surface area contributed by atoms with Gasteiger partial charge in [-0.05, 0) is 13.1 Å². The fourth-order valence-corrected chi connectivity index (χ4v) is 2.60. The van der Waals surface area contributed by atoms with Gasteiger partial charge in [-0.1, -0.05) is 20.8 Å². The first-order valence-electron chi connectivity index (χ1n) is 7.72. The van der Waals surface area contributed by atoms with E-state index in [1.807, 2.05) is 12.3 Å². The lowest BCUT2D eigenvalue weighted by Crippen LogP contribution is -2.45. The average Bonchev–Trinajstić information content (AvgIpc) is 2.46. The molecule has 3 rings (SSSR count). The van der Waals surface area contributed by atoms with E-state index < -0.39 is 0 Å². The van der Waals surface area contributed by atoms with E-state index in [-0.39, 0.29) is 5.41 Å². The second-order valence-electron chi connectivity index (χ2n) is 7.04. The van der Waals surface area contributed by atoms with Gasteiger partial charge in [0, 0.05) is 42.7 Å². The summed E-state index contributed by atoms with van der Waals surface area (Å²) in [5.41, 5.74) is 7.99. The first-order valence-corrected chi connectivity index (χ1v) is 7.72. The van der Waals surface area contributed by atoms with Gasteiger partial charge in [-0.3, -0.25) is 4.98 Å². The number of hydrogen-bond acceptors (Lipinski definition) is 6. The summed E-state index contributed by atoms with van der Waals surface area (Å²) in [6.45, 7) is 10.3. The molecule has 0 bridgehead atoms. The number of nitrogens with zero attached hydrogens (tertiary/aromatic N) is 5. The summed E-state index contributed by atoms with van der Waals surface area (Å²) in [5.74, 6) is 1.25. The van der Waals surface area contributed by atoms with Gasteiger partial charge in [-0.15, -0.1) is 0 Å². The minimum atomic E-state index is -0.0171. The third kappa shape index (κ3) is 2.83. The number of rotatable bonds is 1. The molecule has 0 unspecified atom stereocenters. The monoisotopic (exact) mass is 300 g/mol. The molecule has 1 aliphatic rings. The standard InChI is InChI=1S/C16H24N6/c1-16(2,3)13-9-11-12(10-18-13)19-15(20-14(11)17)22-7-5-21(4)6-8-22/h9-10H,5-8H2,1-4H3,(H2,17,19,20). The molecule has 2 aromatic heterocycles. The quantitative estimate of drug-likeness (QED) is 0.863. The van der Waals surface area contributed by atoms with Crippen molar-refractivity contribution in [2.45, 2.75) is 26.2 Å². The molecule has 3 heterocycles. The molecule has 1 aliphatic heterocycles. The van der Waals surface area contributed by atoms with Crippen molar-refractivity contribution in [3.05, 3.63) is 18.0 Å². The number of likely N-dealkylation sites (N-methyl/N-ethyl adjacent to an activating group) is 1. The summed E-state index contributed by atoms with van der Waals surface area (Å²) in [6.07, 6.45) is 1.81. The molecule has 0 amide bonds. The van der Waals surface area contributed by atoms with Crippen LogP contribution in [0, 0.1) is 0 Å². The Kier molecular flexibility index (Phi) is 3.64. The summed E-state index contributed by atoms with van der Waals surface area (Å²) in [5, 5.41) is 0.887. The highest BCUT2D eigenvalue weighted by Gasteiger charge is 2.20. The number of nitrogens with two attached hydrogens (primary N) is 1. The van der Waals surface area contributed by atoms with Gasteiger partial charge in [0.2, 0.25) is 5.95 Å². The normalized spacial score (nSPS) is 17.2. The van der Waals surface area contributed by atoms with Gasteiger partial charge in [-0.25, -0.2) is 4.98 Å². The third-order valence-corrected chi connectivity index (χ3v) is 4.15. The van der Waals surface area contributed by atoms with Crippen LogP contribution in [0.2, 0.25) is 0 Å². The average molecular weight is 300 g/mol. The lowest BCUT2D eigenvalue weighted by Gasteiger charge is -2.32. The van der Waals surface area contributed by atoms with Gasteiger partial charge in [0.05, 0.1) is 11.7 Å². The van der Waals surface area contributed by atoms with Crippen LogP contribution in [0.15, 0.2) is 12.3 Å². The van der Waals surface area contributed by atoms with E-state index in [9.17, 15) is 0 Å². The van der Waals surface area contributed by atoms with Crippen molar-refractivity contribution in [1.29, 1.82) is 0 Å². The first kappa shape index (κ1) is 15.0. The van der Waals surface area contributed by atoms with Crippen molar-refractivity contribution in [3.63, 3.8) is 0 Å². The van der Waals surface area contributed by atoms with E-state index in [2.05, 4.69) is 52.6 Å². The molecule has 0 aromatic carbocycles. The number of nitrogen functional groups attached to an aromatic ring is 1. The Morgan fingerprint density at radius 2 is 1.77 bits per heavy atom. The number of fused-ring (bicyclic) bond motifs is 1. The fourth-order valence-electron chi connectivity index (χ4n) is 2.60. The predicted octanol–water partition coefficient (Wildman–Crippen LogP) is 1.66. The maximum atomic E-state index is 6.19. The fraction of sp³-hybridized carbons (Fsp3) is 0.562. The molecule has 2 N–H and O–H groups in total. The van der Waals surface area contributed by atoms with Crippen LogP contribution < -0.4 is 10.6 Å². The van der Waals surface area contributed by atoms with Gasteiger partial charge < -0.3 is 15.5 Å². The van der Waals surface area contributed by atoms with E-state index in [0.717, 1.165) is 42.8 Å². The molecular formula is C16H24N6. The predicted molar refractivity (Wildman–Crippen MR) is 90.2 cm³/mol. The highest BCUT2D eigenvalue weighted by Crippen LogP contribution is 2.27. The van der Waals surface area contributed by atoms with Crippen molar-refractivity contribution in [1.82, 2.24) is 19.9 Å². The Balaban J connectivity index is 1.99.